The highest BCUT2D eigenvalue weighted by molar-refractivity contribution is 5.95. The minimum absolute atomic E-state index is 0.0681. The van der Waals surface area contributed by atoms with Gasteiger partial charge in [-0.2, -0.15) is 0 Å². The average Bonchev–Trinajstić information content (AvgIpc) is 3.13. The number of likely N-dealkylation sites (tertiary alicyclic amines) is 1. The Bertz CT molecular complexity index is 661. The molecule has 0 spiro atoms. The molecule has 3 rings (SSSR count). The monoisotopic (exact) mass is 302 g/mol. The molecule has 1 aliphatic rings. The SMILES string of the molecule is CCCC1(COC)CCCN1C(=O)c1ccc2nncn2c1. The second-order valence-electron chi connectivity index (χ2n) is 5.98. The van der Waals surface area contributed by atoms with Crippen LogP contribution in [0.15, 0.2) is 24.7 Å². The Balaban J connectivity index is 1.91. The van der Waals surface area contributed by atoms with E-state index in [1.54, 1.807) is 24.0 Å². The summed E-state index contributed by atoms with van der Waals surface area (Å²) >= 11 is 0. The van der Waals surface area contributed by atoms with Crippen molar-refractivity contribution in [3.63, 3.8) is 0 Å². The number of carbonyl (C=O) groups is 1. The number of hydrogen-bond acceptors (Lipinski definition) is 4. The van der Waals surface area contributed by atoms with Crippen LogP contribution in [0.25, 0.3) is 5.65 Å². The summed E-state index contributed by atoms with van der Waals surface area (Å²) in [6, 6.07) is 3.66. The standard InChI is InChI=1S/C16H22N4O2/c1-3-7-16(11-22-2)8-4-9-20(16)15(21)13-5-6-14-18-17-12-19(14)10-13/h5-6,10,12H,3-4,7-9,11H2,1-2H3. The molecule has 1 amide bonds. The van der Waals surface area contributed by atoms with Gasteiger partial charge in [-0.15, -0.1) is 10.2 Å². The van der Waals surface area contributed by atoms with E-state index >= 15 is 0 Å². The summed E-state index contributed by atoms with van der Waals surface area (Å²) in [5.74, 6) is 0.0681. The fraction of sp³-hybridized carbons (Fsp3) is 0.562. The molecule has 0 aromatic carbocycles. The van der Waals surface area contributed by atoms with Crippen LogP contribution in [0.3, 0.4) is 0 Å². The van der Waals surface area contributed by atoms with Gasteiger partial charge in [0.05, 0.1) is 17.7 Å². The predicted octanol–water partition coefficient (Wildman–Crippen LogP) is 2.15. The first-order valence-electron chi connectivity index (χ1n) is 7.80. The zero-order valence-corrected chi connectivity index (χ0v) is 13.2. The zero-order valence-electron chi connectivity index (χ0n) is 13.2. The Labute approximate surface area is 130 Å². The molecule has 118 valence electrons. The van der Waals surface area contributed by atoms with Gasteiger partial charge >= 0.3 is 0 Å². The molecule has 1 unspecified atom stereocenters. The molecule has 22 heavy (non-hydrogen) atoms. The molecule has 3 heterocycles. The summed E-state index contributed by atoms with van der Waals surface area (Å²) in [5.41, 5.74) is 1.25. The largest absolute Gasteiger partial charge is 0.382 e. The third-order valence-electron chi connectivity index (χ3n) is 4.51. The molecular formula is C16H22N4O2. The first kappa shape index (κ1) is 15.0. The number of ether oxygens (including phenoxy) is 1. The first-order valence-corrected chi connectivity index (χ1v) is 7.80. The number of methoxy groups -OCH3 is 1. The topological polar surface area (TPSA) is 59.7 Å². The van der Waals surface area contributed by atoms with Gasteiger partial charge in [0, 0.05) is 19.9 Å². The van der Waals surface area contributed by atoms with Crippen LogP contribution in [0.5, 0.6) is 0 Å². The second kappa shape index (κ2) is 6.04. The Hall–Kier alpha value is -1.95. The van der Waals surface area contributed by atoms with Gasteiger partial charge in [-0.25, -0.2) is 0 Å². The van der Waals surface area contributed by atoms with Crippen molar-refractivity contribution in [2.24, 2.45) is 0 Å². The molecule has 0 radical (unpaired) electrons. The fourth-order valence-electron chi connectivity index (χ4n) is 3.58. The molecule has 0 saturated carbocycles. The van der Waals surface area contributed by atoms with Crippen LogP contribution in [0, 0.1) is 0 Å². The van der Waals surface area contributed by atoms with Crippen molar-refractivity contribution in [3.8, 4) is 0 Å². The van der Waals surface area contributed by atoms with E-state index in [2.05, 4.69) is 17.1 Å². The molecule has 0 bridgehead atoms. The van der Waals surface area contributed by atoms with Crippen LogP contribution in [-0.4, -0.2) is 51.2 Å². The Kier molecular flexibility index (Phi) is 4.11. The van der Waals surface area contributed by atoms with E-state index in [9.17, 15) is 4.79 Å². The quantitative estimate of drug-likeness (QED) is 0.849. The fourth-order valence-corrected chi connectivity index (χ4v) is 3.58. The van der Waals surface area contributed by atoms with Crippen molar-refractivity contribution < 1.29 is 9.53 Å². The number of pyridine rings is 1. The van der Waals surface area contributed by atoms with E-state index in [1.807, 2.05) is 17.0 Å². The lowest BCUT2D eigenvalue weighted by atomic mass is 9.91. The van der Waals surface area contributed by atoms with Gasteiger partial charge in [-0.05, 0) is 31.4 Å². The smallest absolute Gasteiger partial charge is 0.255 e. The summed E-state index contributed by atoms with van der Waals surface area (Å²) < 4.78 is 7.22. The first-order chi connectivity index (χ1) is 10.7. The molecule has 0 aliphatic carbocycles. The molecule has 2 aromatic heterocycles. The van der Waals surface area contributed by atoms with E-state index in [0.29, 0.717) is 12.2 Å². The van der Waals surface area contributed by atoms with Gasteiger partial charge in [0.25, 0.3) is 5.91 Å². The normalized spacial score (nSPS) is 21.6. The highest BCUT2D eigenvalue weighted by Gasteiger charge is 2.43. The van der Waals surface area contributed by atoms with E-state index in [-0.39, 0.29) is 11.4 Å². The molecule has 2 aromatic rings. The van der Waals surface area contributed by atoms with Gasteiger partial charge in [0.15, 0.2) is 5.65 Å². The van der Waals surface area contributed by atoms with Gasteiger partial charge in [-0.3, -0.25) is 9.20 Å². The maximum absolute atomic E-state index is 13.0. The summed E-state index contributed by atoms with van der Waals surface area (Å²) in [6.45, 7) is 3.55. The van der Waals surface area contributed by atoms with Crippen LogP contribution in [-0.2, 0) is 4.74 Å². The van der Waals surface area contributed by atoms with Crippen LogP contribution >= 0.6 is 0 Å². The van der Waals surface area contributed by atoms with Crippen molar-refractivity contribution in [2.75, 3.05) is 20.3 Å². The van der Waals surface area contributed by atoms with Crippen LogP contribution in [0.1, 0.15) is 43.0 Å². The van der Waals surface area contributed by atoms with E-state index in [0.717, 1.165) is 37.9 Å². The van der Waals surface area contributed by atoms with Crippen molar-refractivity contribution in [1.82, 2.24) is 19.5 Å². The van der Waals surface area contributed by atoms with E-state index in [4.69, 9.17) is 4.74 Å². The maximum atomic E-state index is 13.0. The lowest BCUT2D eigenvalue weighted by Crippen LogP contribution is -2.50. The highest BCUT2D eigenvalue weighted by atomic mass is 16.5. The van der Waals surface area contributed by atoms with Gasteiger partial charge < -0.3 is 9.64 Å². The number of hydrogen-bond donors (Lipinski definition) is 0. The number of amides is 1. The minimum Gasteiger partial charge on any atom is -0.382 e. The van der Waals surface area contributed by atoms with Crippen LogP contribution in [0.2, 0.25) is 0 Å². The minimum atomic E-state index is -0.164. The lowest BCUT2D eigenvalue weighted by Gasteiger charge is -2.38. The average molecular weight is 302 g/mol. The van der Waals surface area contributed by atoms with Crippen molar-refractivity contribution in [2.45, 2.75) is 38.1 Å². The van der Waals surface area contributed by atoms with Crippen molar-refractivity contribution in [3.05, 3.63) is 30.2 Å². The Morgan fingerprint density at radius 3 is 3.09 bits per heavy atom. The summed E-state index contributed by atoms with van der Waals surface area (Å²) in [7, 11) is 1.71. The van der Waals surface area contributed by atoms with Crippen molar-refractivity contribution in [1.29, 1.82) is 0 Å². The number of fused-ring (bicyclic) bond motifs is 1. The Morgan fingerprint density at radius 1 is 1.45 bits per heavy atom. The lowest BCUT2D eigenvalue weighted by molar-refractivity contribution is 0.0254. The molecule has 6 heteroatoms. The number of carbonyl (C=O) groups excluding carboxylic acids is 1. The second-order valence-corrected chi connectivity index (χ2v) is 5.98. The summed E-state index contributed by atoms with van der Waals surface area (Å²) in [6.07, 6.45) is 7.47. The molecule has 6 nitrogen and oxygen atoms in total. The molecular weight excluding hydrogens is 280 g/mol. The maximum Gasteiger partial charge on any atom is 0.255 e. The number of rotatable bonds is 5. The summed E-state index contributed by atoms with van der Waals surface area (Å²) in [4.78, 5) is 15.0. The van der Waals surface area contributed by atoms with Crippen LogP contribution in [0.4, 0.5) is 0 Å². The molecule has 0 N–H and O–H groups in total. The van der Waals surface area contributed by atoms with E-state index < -0.39 is 0 Å². The highest BCUT2D eigenvalue weighted by Crippen LogP contribution is 2.35. The summed E-state index contributed by atoms with van der Waals surface area (Å²) in [5, 5.41) is 7.83. The third kappa shape index (κ3) is 2.47. The molecule has 1 saturated heterocycles. The molecule has 1 fully saturated rings. The van der Waals surface area contributed by atoms with Gasteiger partial charge in [0.1, 0.15) is 6.33 Å². The number of nitrogens with zero attached hydrogens (tertiary/aromatic N) is 4. The van der Waals surface area contributed by atoms with Crippen LogP contribution < -0.4 is 0 Å². The van der Waals surface area contributed by atoms with E-state index in [1.165, 1.54) is 0 Å². The molecule has 1 atom stereocenters. The molecule has 1 aliphatic heterocycles. The van der Waals surface area contributed by atoms with Crippen molar-refractivity contribution >= 4 is 11.6 Å². The Morgan fingerprint density at radius 2 is 2.32 bits per heavy atom. The third-order valence-corrected chi connectivity index (χ3v) is 4.51. The number of aromatic nitrogens is 3. The van der Waals surface area contributed by atoms with Gasteiger partial charge in [-0.1, -0.05) is 13.3 Å². The predicted molar refractivity (Wildman–Crippen MR) is 82.8 cm³/mol. The zero-order chi connectivity index (χ0) is 15.6. The van der Waals surface area contributed by atoms with Gasteiger partial charge in [0.2, 0.25) is 0 Å².